The maximum atomic E-state index is 13.4. The number of benzene rings is 2. The second-order valence-electron chi connectivity index (χ2n) is 8.58. The van der Waals surface area contributed by atoms with Gasteiger partial charge in [0, 0.05) is 22.3 Å². The Morgan fingerprint density at radius 1 is 1.00 bits per heavy atom. The average molecular weight is 578 g/mol. The lowest BCUT2D eigenvalue weighted by molar-refractivity contribution is 0.0996. The molecule has 41 heavy (non-hydrogen) atoms. The van der Waals surface area contributed by atoms with Crippen molar-refractivity contribution < 1.29 is 4.79 Å². The summed E-state index contributed by atoms with van der Waals surface area (Å²) >= 11 is 2.92. The molecule has 0 aliphatic rings. The summed E-state index contributed by atoms with van der Waals surface area (Å²) in [5.74, 6) is 5.59. The number of thiazole rings is 2. The molecule has 1 amide bonds. The first-order chi connectivity index (χ1) is 20.0. The predicted molar refractivity (Wildman–Crippen MR) is 163 cm³/mol. The van der Waals surface area contributed by atoms with Crippen LogP contribution in [0.4, 0.5) is 5.82 Å². The number of hydrogen-bond donors (Lipinski definition) is 2. The van der Waals surface area contributed by atoms with Crippen LogP contribution in [0.25, 0.3) is 27.8 Å². The first-order valence-electron chi connectivity index (χ1n) is 12.4. The van der Waals surface area contributed by atoms with E-state index < -0.39 is 5.91 Å². The van der Waals surface area contributed by atoms with Gasteiger partial charge in [0.05, 0.1) is 33.7 Å². The lowest BCUT2D eigenvalue weighted by Crippen LogP contribution is -2.22. The first kappa shape index (κ1) is 27.4. The Morgan fingerprint density at radius 2 is 1.83 bits per heavy atom. The number of aromatic nitrogens is 5. The van der Waals surface area contributed by atoms with Crippen molar-refractivity contribution in [2.24, 2.45) is 5.73 Å². The number of para-hydroxylation sites is 1. The molecule has 0 bridgehead atoms. The Bertz CT molecular complexity index is 1940. The quantitative estimate of drug-likeness (QED) is 0.289. The fraction of sp³-hybridized carbons (Fsp3) is 0.0667. The van der Waals surface area contributed by atoms with Gasteiger partial charge in [-0.25, -0.2) is 15.0 Å². The highest BCUT2D eigenvalue weighted by Gasteiger charge is 2.13. The number of pyridine rings is 1. The van der Waals surface area contributed by atoms with Gasteiger partial charge in [-0.1, -0.05) is 43.2 Å². The number of amides is 1. The third-order valence-corrected chi connectivity index (χ3v) is 7.26. The van der Waals surface area contributed by atoms with Crippen LogP contribution in [0.5, 0.6) is 0 Å². The van der Waals surface area contributed by atoms with Crippen LogP contribution in [0.15, 0.2) is 88.2 Å². The molecule has 0 aliphatic carbocycles. The lowest BCUT2D eigenvalue weighted by atomic mass is 10.0. The van der Waals surface area contributed by atoms with Crippen molar-refractivity contribution in [1.82, 2.24) is 24.5 Å². The van der Waals surface area contributed by atoms with Gasteiger partial charge in [0.15, 0.2) is 11.5 Å². The number of carbonyl (C=O) groups is 1. The van der Waals surface area contributed by atoms with E-state index in [0.717, 1.165) is 33.6 Å². The van der Waals surface area contributed by atoms with E-state index in [0.29, 0.717) is 16.8 Å². The Hall–Kier alpha value is -5.18. The SMILES string of the molecule is CCc1cc2cccc(C#Cc3cncs3)c2c(=O)n1-c1ccccc1.NC(=O)c1nc(-c2cscn2)cnc1N. The maximum absolute atomic E-state index is 13.4. The fourth-order valence-electron chi connectivity index (χ4n) is 4.09. The number of anilines is 1. The third kappa shape index (κ3) is 6.04. The van der Waals surface area contributed by atoms with E-state index in [-0.39, 0.29) is 17.1 Å². The molecule has 4 N–H and O–H groups in total. The molecule has 11 heteroatoms. The van der Waals surface area contributed by atoms with Crippen molar-refractivity contribution in [2.45, 2.75) is 13.3 Å². The molecule has 9 nitrogen and oxygen atoms in total. The van der Waals surface area contributed by atoms with Gasteiger partial charge in [0.25, 0.3) is 11.5 Å². The van der Waals surface area contributed by atoms with Crippen LogP contribution in [0.3, 0.4) is 0 Å². The summed E-state index contributed by atoms with van der Waals surface area (Å²) in [6, 6.07) is 17.7. The Morgan fingerprint density at radius 3 is 2.51 bits per heavy atom. The van der Waals surface area contributed by atoms with E-state index in [9.17, 15) is 9.59 Å². The number of fused-ring (bicyclic) bond motifs is 1. The number of nitrogens with two attached hydrogens (primary N) is 2. The zero-order valence-corrected chi connectivity index (χ0v) is 23.4. The van der Waals surface area contributed by atoms with Crippen LogP contribution in [-0.2, 0) is 6.42 Å². The minimum Gasteiger partial charge on any atom is -0.382 e. The van der Waals surface area contributed by atoms with Gasteiger partial charge in [-0.05, 0) is 42.0 Å². The second kappa shape index (κ2) is 12.3. The van der Waals surface area contributed by atoms with Gasteiger partial charge in [0.1, 0.15) is 11.4 Å². The van der Waals surface area contributed by atoms with Gasteiger partial charge >= 0.3 is 0 Å². The molecule has 6 rings (SSSR count). The molecule has 0 saturated carbocycles. The molecule has 6 aromatic rings. The predicted octanol–water partition coefficient (Wildman–Crippen LogP) is 4.69. The van der Waals surface area contributed by atoms with E-state index in [1.807, 2.05) is 48.5 Å². The van der Waals surface area contributed by atoms with Crippen molar-refractivity contribution in [2.75, 3.05) is 5.73 Å². The van der Waals surface area contributed by atoms with Gasteiger partial charge in [-0.2, -0.15) is 0 Å². The summed E-state index contributed by atoms with van der Waals surface area (Å²) in [7, 11) is 0. The summed E-state index contributed by atoms with van der Waals surface area (Å²) in [5.41, 5.74) is 17.7. The largest absolute Gasteiger partial charge is 0.382 e. The standard InChI is InChI=1S/C22H16N2OS.C8H7N5OS/c1-2-18-13-17-8-6-7-16(11-12-20-14-23-15-26-20)21(17)22(25)24(18)19-9-4-3-5-10-19;9-7-6(8(10)14)13-4(1-11-7)5-2-15-3-12-5/h3-10,13-15H,2H2,1H3;1-3H,(H2,9,11)(H2,10,14). The number of aryl methyl sites for hydroxylation is 1. The molecule has 0 saturated heterocycles. The van der Waals surface area contributed by atoms with Crippen LogP contribution >= 0.6 is 22.7 Å². The molecule has 0 fully saturated rings. The van der Waals surface area contributed by atoms with Gasteiger partial charge < -0.3 is 11.5 Å². The van der Waals surface area contributed by atoms with E-state index >= 15 is 0 Å². The molecule has 4 aromatic heterocycles. The molecule has 0 aliphatic heterocycles. The van der Waals surface area contributed by atoms with Crippen molar-refractivity contribution in [1.29, 1.82) is 0 Å². The number of nitrogen functional groups attached to an aromatic ring is 1. The third-order valence-electron chi connectivity index (χ3n) is 5.98. The number of hydrogen-bond acceptors (Lipinski definition) is 9. The normalized spacial score (nSPS) is 10.4. The number of nitrogens with zero attached hydrogens (tertiary/aromatic N) is 5. The smallest absolute Gasteiger partial charge is 0.271 e. The zero-order chi connectivity index (χ0) is 28.8. The van der Waals surface area contributed by atoms with Crippen LogP contribution < -0.4 is 17.0 Å². The first-order valence-corrected chi connectivity index (χ1v) is 14.2. The topological polar surface area (TPSA) is 143 Å². The molecular weight excluding hydrogens is 555 g/mol. The van der Waals surface area contributed by atoms with Crippen molar-refractivity contribution in [3.63, 3.8) is 0 Å². The highest BCUT2D eigenvalue weighted by Crippen LogP contribution is 2.20. The summed E-state index contributed by atoms with van der Waals surface area (Å²) in [4.78, 5) is 41.1. The summed E-state index contributed by atoms with van der Waals surface area (Å²) in [5, 5.41) is 3.38. The van der Waals surface area contributed by atoms with Crippen molar-refractivity contribution >= 4 is 45.2 Å². The Kier molecular flexibility index (Phi) is 8.24. The second-order valence-corrected chi connectivity index (χ2v) is 10.2. The molecule has 4 heterocycles. The highest BCUT2D eigenvalue weighted by atomic mass is 32.1. The molecule has 202 valence electrons. The Balaban J connectivity index is 0.000000191. The van der Waals surface area contributed by atoms with Crippen molar-refractivity contribution in [3.05, 3.63) is 116 Å². The summed E-state index contributed by atoms with van der Waals surface area (Å²) in [6.45, 7) is 2.06. The molecular formula is C30H23N7O2S2. The van der Waals surface area contributed by atoms with E-state index in [1.165, 1.54) is 28.9 Å². The van der Waals surface area contributed by atoms with Crippen molar-refractivity contribution in [3.8, 4) is 28.9 Å². The van der Waals surface area contributed by atoms with Gasteiger partial charge in [-0.3, -0.25) is 19.1 Å². The minimum absolute atomic E-state index is 0.0273. The Labute approximate surface area is 243 Å². The summed E-state index contributed by atoms with van der Waals surface area (Å²) in [6.07, 6.45) is 3.97. The van der Waals surface area contributed by atoms with E-state index in [1.54, 1.807) is 27.2 Å². The maximum Gasteiger partial charge on any atom is 0.271 e. The summed E-state index contributed by atoms with van der Waals surface area (Å²) < 4.78 is 1.79. The monoisotopic (exact) mass is 577 g/mol. The van der Waals surface area contributed by atoms with Crippen LogP contribution in [-0.4, -0.2) is 30.4 Å². The van der Waals surface area contributed by atoms with Gasteiger partial charge in [0.2, 0.25) is 0 Å². The minimum atomic E-state index is -0.697. The van der Waals surface area contributed by atoms with Crippen LogP contribution in [0.2, 0.25) is 0 Å². The van der Waals surface area contributed by atoms with E-state index in [2.05, 4.69) is 44.8 Å². The molecule has 0 spiro atoms. The molecule has 0 unspecified atom stereocenters. The number of primary amides is 1. The zero-order valence-electron chi connectivity index (χ0n) is 21.8. The number of rotatable bonds is 4. The van der Waals surface area contributed by atoms with Crippen LogP contribution in [0.1, 0.15) is 33.5 Å². The van der Waals surface area contributed by atoms with Crippen LogP contribution in [0, 0.1) is 11.8 Å². The molecule has 0 radical (unpaired) electrons. The van der Waals surface area contributed by atoms with E-state index in [4.69, 9.17) is 11.5 Å². The molecule has 0 atom stereocenters. The molecule has 2 aromatic carbocycles. The number of carbonyl (C=O) groups excluding carboxylic acids is 1. The fourth-order valence-corrected chi connectivity index (χ4v) is 5.10. The average Bonchev–Trinajstić information content (AvgIpc) is 3.72. The lowest BCUT2D eigenvalue weighted by Gasteiger charge is -2.14. The highest BCUT2D eigenvalue weighted by molar-refractivity contribution is 7.10. The van der Waals surface area contributed by atoms with Gasteiger partial charge in [-0.15, -0.1) is 22.7 Å².